The molecule has 1 rings (SSSR count). The molecule has 2 unspecified atom stereocenters. The summed E-state index contributed by atoms with van der Waals surface area (Å²) in [5.41, 5.74) is -0.781. The maximum Gasteiger partial charge on any atom is 0.303 e. The molecular weight excluding hydrogens is 186 g/mol. The number of hydrogen-bond acceptors (Lipinski definition) is 5. The number of ether oxygens (including phenoxy) is 1. The first-order valence-corrected chi connectivity index (χ1v) is 4.37. The van der Waals surface area contributed by atoms with Gasteiger partial charge in [0.2, 0.25) is 0 Å². The van der Waals surface area contributed by atoms with E-state index in [1.807, 2.05) is 0 Å². The van der Waals surface area contributed by atoms with E-state index in [-0.39, 0.29) is 18.3 Å². The van der Waals surface area contributed by atoms with Gasteiger partial charge < -0.3 is 14.8 Å². The summed E-state index contributed by atoms with van der Waals surface area (Å²) in [4.78, 5) is 32.5. The molecule has 0 saturated carbocycles. The second-order valence-electron chi connectivity index (χ2n) is 3.58. The molecule has 0 aliphatic carbocycles. The van der Waals surface area contributed by atoms with Crippen LogP contribution in [0.3, 0.4) is 0 Å². The Balaban J connectivity index is 2.46. The van der Waals surface area contributed by atoms with E-state index in [1.165, 1.54) is 6.92 Å². The molecule has 1 fully saturated rings. The van der Waals surface area contributed by atoms with Crippen molar-refractivity contribution < 1.29 is 19.1 Å². The van der Waals surface area contributed by atoms with Gasteiger partial charge in [-0.15, -0.1) is 0 Å². The zero-order valence-electron chi connectivity index (χ0n) is 8.20. The van der Waals surface area contributed by atoms with Crippen molar-refractivity contribution in [2.75, 3.05) is 13.2 Å². The molecule has 1 aliphatic rings. The van der Waals surface area contributed by atoms with E-state index in [0.717, 1.165) is 0 Å². The van der Waals surface area contributed by atoms with Crippen LogP contribution in [-0.4, -0.2) is 36.7 Å². The number of nitrogens with one attached hydrogen (secondary N) is 1. The first-order valence-electron chi connectivity index (χ1n) is 4.37. The number of Topliss-reactive ketones (excluding diaryl/α,β-unsaturated/α-hetero) is 1. The summed E-state index contributed by atoms with van der Waals surface area (Å²) >= 11 is 0. The molecule has 1 saturated heterocycles. The minimum Gasteiger partial charge on any atom is -0.458 e. The molecule has 0 aromatic rings. The van der Waals surface area contributed by atoms with Gasteiger partial charge >= 0.3 is 5.97 Å². The first kappa shape index (κ1) is 10.8. The number of esters is 1. The molecule has 5 nitrogen and oxygen atoms in total. The molecule has 0 radical (unpaired) electrons. The van der Waals surface area contributed by atoms with Crippen molar-refractivity contribution in [2.45, 2.75) is 19.4 Å². The highest BCUT2D eigenvalue weighted by Crippen LogP contribution is 2.24. The van der Waals surface area contributed by atoms with Gasteiger partial charge in [-0.3, -0.25) is 9.59 Å². The molecule has 1 aliphatic heterocycles. The minimum atomic E-state index is -0.781. The van der Waals surface area contributed by atoms with Crippen molar-refractivity contribution in [3.8, 4) is 0 Å². The topological polar surface area (TPSA) is 72.5 Å². The second-order valence-corrected chi connectivity index (χ2v) is 3.58. The smallest absolute Gasteiger partial charge is 0.303 e. The Morgan fingerprint density at radius 3 is 2.64 bits per heavy atom. The van der Waals surface area contributed by atoms with Crippen LogP contribution in [0.15, 0.2) is 0 Å². The number of ketones is 1. The van der Waals surface area contributed by atoms with Crippen LogP contribution >= 0.6 is 0 Å². The molecule has 0 aromatic heterocycles. The third-order valence-corrected chi connectivity index (χ3v) is 2.46. The van der Waals surface area contributed by atoms with Crippen LogP contribution in [-0.2, 0) is 19.1 Å². The summed E-state index contributed by atoms with van der Waals surface area (Å²) in [7, 11) is 0. The predicted octanol–water partition coefficient (Wildman–Crippen LogP) is -0.704. The Labute approximate surface area is 81.8 Å². The molecular formula is C9H13NO4. The lowest BCUT2D eigenvalue weighted by Gasteiger charge is -2.42. The summed E-state index contributed by atoms with van der Waals surface area (Å²) in [6.45, 7) is 3.12. The van der Waals surface area contributed by atoms with Crippen LogP contribution in [0.2, 0.25) is 0 Å². The molecule has 0 amide bonds. The standard InChI is InChI=1S/C9H13NO4/c1-6(12)14-4-8(13)7-3-10-9(7,2)5-11/h5,7,10H,3-4H2,1-2H3. The van der Waals surface area contributed by atoms with E-state index in [0.29, 0.717) is 12.8 Å². The Hall–Kier alpha value is -1.23. The molecule has 5 heteroatoms. The van der Waals surface area contributed by atoms with Crippen molar-refractivity contribution in [3.05, 3.63) is 0 Å². The van der Waals surface area contributed by atoms with E-state index < -0.39 is 11.5 Å². The lowest BCUT2D eigenvalue weighted by molar-refractivity contribution is -0.149. The lowest BCUT2D eigenvalue weighted by atomic mass is 9.76. The summed E-state index contributed by atoms with van der Waals surface area (Å²) in [5.74, 6) is -1.08. The molecule has 2 atom stereocenters. The minimum absolute atomic E-state index is 0.214. The predicted molar refractivity (Wildman–Crippen MR) is 47.6 cm³/mol. The van der Waals surface area contributed by atoms with Gasteiger partial charge in [0.15, 0.2) is 5.78 Å². The third-order valence-electron chi connectivity index (χ3n) is 2.46. The van der Waals surface area contributed by atoms with Gasteiger partial charge in [0.05, 0.1) is 11.5 Å². The van der Waals surface area contributed by atoms with Crippen LogP contribution in [0.1, 0.15) is 13.8 Å². The fraction of sp³-hybridized carbons (Fsp3) is 0.667. The van der Waals surface area contributed by atoms with Crippen molar-refractivity contribution >= 4 is 18.0 Å². The number of aldehydes is 1. The molecule has 1 N–H and O–H groups in total. The Morgan fingerprint density at radius 1 is 1.64 bits per heavy atom. The van der Waals surface area contributed by atoms with Crippen molar-refractivity contribution in [2.24, 2.45) is 5.92 Å². The van der Waals surface area contributed by atoms with Gasteiger partial charge in [0.25, 0.3) is 0 Å². The summed E-state index contributed by atoms with van der Waals surface area (Å²) in [5, 5.41) is 2.86. The van der Waals surface area contributed by atoms with Gasteiger partial charge in [0, 0.05) is 13.5 Å². The highest BCUT2D eigenvalue weighted by molar-refractivity contribution is 5.90. The SMILES string of the molecule is CC(=O)OCC(=O)C1CNC1(C)C=O. The molecule has 0 spiro atoms. The molecule has 0 bridgehead atoms. The fourth-order valence-electron chi connectivity index (χ4n) is 1.37. The number of rotatable bonds is 4. The van der Waals surface area contributed by atoms with Crippen molar-refractivity contribution in [1.29, 1.82) is 0 Å². The maximum absolute atomic E-state index is 11.4. The van der Waals surface area contributed by atoms with Crippen LogP contribution in [0.25, 0.3) is 0 Å². The molecule has 1 heterocycles. The normalized spacial score (nSPS) is 30.3. The second kappa shape index (κ2) is 3.88. The maximum atomic E-state index is 11.4. The third kappa shape index (κ3) is 1.98. The Morgan fingerprint density at radius 2 is 2.29 bits per heavy atom. The van der Waals surface area contributed by atoms with Gasteiger partial charge in [-0.1, -0.05) is 0 Å². The summed E-state index contributed by atoms with van der Waals surface area (Å²) < 4.78 is 4.57. The fourth-order valence-corrected chi connectivity index (χ4v) is 1.37. The van der Waals surface area contributed by atoms with Crippen molar-refractivity contribution in [1.82, 2.24) is 5.32 Å². The summed E-state index contributed by atoms with van der Waals surface area (Å²) in [6, 6.07) is 0. The number of carbonyl (C=O) groups is 3. The highest BCUT2D eigenvalue weighted by atomic mass is 16.5. The van der Waals surface area contributed by atoms with Crippen LogP contribution < -0.4 is 5.32 Å². The van der Waals surface area contributed by atoms with Gasteiger partial charge in [0.1, 0.15) is 12.9 Å². The van der Waals surface area contributed by atoms with Gasteiger partial charge in [-0.2, -0.15) is 0 Å². The summed E-state index contributed by atoms with van der Waals surface area (Å²) in [6.07, 6.45) is 0.715. The molecule has 14 heavy (non-hydrogen) atoms. The van der Waals surface area contributed by atoms with E-state index in [4.69, 9.17) is 0 Å². The Kier molecular flexibility index (Phi) is 3.00. The molecule has 0 aromatic carbocycles. The van der Waals surface area contributed by atoms with Crippen molar-refractivity contribution in [3.63, 3.8) is 0 Å². The monoisotopic (exact) mass is 199 g/mol. The zero-order valence-corrected chi connectivity index (χ0v) is 8.20. The average Bonchev–Trinajstić information content (AvgIpc) is 2.11. The van der Waals surface area contributed by atoms with E-state index >= 15 is 0 Å². The van der Waals surface area contributed by atoms with E-state index in [1.54, 1.807) is 6.92 Å². The largest absolute Gasteiger partial charge is 0.458 e. The first-order chi connectivity index (χ1) is 6.49. The quantitative estimate of drug-likeness (QED) is 0.478. The van der Waals surface area contributed by atoms with E-state index in [9.17, 15) is 14.4 Å². The van der Waals surface area contributed by atoms with Crippen LogP contribution in [0.5, 0.6) is 0 Å². The number of carbonyl (C=O) groups excluding carboxylic acids is 3. The van der Waals surface area contributed by atoms with Gasteiger partial charge in [-0.25, -0.2) is 0 Å². The van der Waals surface area contributed by atoms with Crippen LogP contribution in [0, 0.1) is 5.92 Å². The van der Waals surface area contributed by atoms with Crippen LogP contribution in [0.4, 0.5) is 0 Å². The van der Waals surface area contributed by atoms with Gasteiger partial charge in [-0.05, 0) is 6.92 Å². The molecule has 78 valence electrons. The number of hydrogen-bond donors (Lipinski definition) is 1. The highest BCUT2D eigenvalue weighted by Gasteiger charge is 2.46. The lowest BCUT2D eigenvalue weighted by Crippen LogP contribution is -2.67. The zero-order chi connectivity index (χ0) is 10.8. The average molecular weight is 199 g/mol. The van der Waals surface area contributed by atoms with E-state index in [2.05, 4.69) is 10.1 Å². The Bertz CT molecular complexity index is 276.